The largest absolute Gasteiger partial charge is 0.411 e. The molecule has 0 atom stereocenters. The van der Waals surface area contributed by atoms with E-state index < -0.39 is 0 Å². The van der Waals surface area contributed by atoms with Gasteiger partial charge in [0.1, 0.15) is 5.82 Å². The molecule has 0 amide bonds. The number of ether oxygens (including phenoxy) is 1. The molecule has 2 aromatic carbocycles. The van der Waals surface area contributed by atoms with E-state index in [4.69, 9.17) is 4.74 Å². The van der Waals surface area contributed by atoms with E-state index in [0.29, 0.717) is 12.1 Å². The van der Waals surface area contributed by atoms with Crippen molar-refractivity contribution in [1.82, 2.24) is 4.90 Å². The Balaban J connectivity index is 1.49. The van der Waals surface area contributed by atoms with Gasteiger partial charge in [0.2, 0.25) is 0 Å². The second-order valence-electron chi connectivity index (χ2n) is 7.23. The van der Waals surface area contributed by atoms with Gasteiger partial charge < -0.3 is 9.94 Å². The van der Waals surface area contributed by atoms with Crippen molar-refractivity contribution in [3.63, 3.8) is 0 Å². The Kier molecular flexibility index (Phi) is 8.00. The molecule has 0 aromatic heterocycles. The van der Waals surface area contributed by atoms with Crippen LogP contribution in [0.3, 0.4) is 0 Å². The number of hydrogen-bond acceptors (Lipinski definition) is 4. The first kappa shape index (κ1) is 20.5. The first-order valence-corrected chi connectivity index (χ1v) is 10.1. The third-order valence-electron chi connectivity index (χ3n) is 5.30. The van der Waals surface area contributed by atoms with Crippen LogP contribution in [0.25, 0.3) is 0 Å². The summed E-state index contributed by atoms with van der Waals surface area (Å²) >= 11 is 0. The summed E-state index contributed by atoms with van der Waals surface area (Å²) in [6.45, 7) is 4.88. The molecule has 28 heavy (non-hydrogen) atoms. The fourth-order valence-electron chi connectivity index (χ4n) is 3.70. The molecule has 2 aromatic rings. The van der Waals surface area contributed by atoms with Gasteiger partial charge in [-0.3, -0.25) is 4.90 Å². The summed E-state index contributed by atoms with van der Waals surface area (Å²) in [5.41, 5.74) is 4.13. The lowest BCUT2D eigenvalue weighted by molar-refractivity contribution is 0.0374. The van der Waals surface area contributed by atoms with E-state index >= 15 is 0 Å². The molecule has 0 spiro atoms. The van der Waals surface area contributed by atoms with Crippen molar-refractivity contribution >= 4 is 5.71 Å². The summed E-state index contributed by atoms with van der Waals surface area (Å²) in [5.74, 6) is -0.285. The highest BCUT2D eigenvalue weighted by Gasteiger charge is 2.11. The maximum Gasteiger partial charge on any atom is 0.123 e. The van der Waals surface area contributed by atoms with Crippen LogP contribution < -0.4 is 0 Å². The van der Waals surface area contributed by atoms with Crippen molar-refractivity contribution in [1.29, 1.82) is 0 Å². The number of benzene rings is 2. The van der Waals surface area contributed by atoms with Crippen LogP contribution in [-0.4, -0.2) is 48.7 Å². The predicted molar refractivity (Wildman–Crippen MR) is 110 cm³/mol. The predicted octanol–water partition coefficient (Wildman–Crippen LogP) is 4.29. The number of halogens is 1. The normalized spacial score (nSPS) is 15.7. The van der Waals surface area contributed by atoms with Gasteiger partial charge >= 0.3 is 0 Å². The number of morpholine rings is 1. The standard InChI is InChI=1S/C23H29FN2O2/c24-22-12-10-21(11-13-22)23(25-27)9-3-7-19-5-1-2-6-20(19)8-4-14-26-15-17-28-18-16-26/h1-2,5-6,10-13,27H,3-4,7-9,14-18H2. The lowest BCUT2D eigenvalue weighted by Gasteiger charge is -2.26. The minimum absolute atomic E-state index is 0.285. The first-order valence-electron chi connectivity index (χ1n) is 10.1. The Hall–Kier alpha value is -2.24. The topological polar surface area (TPSA) is 45.1 Å². The molecule has 1 heterocycles. The van der Waals surface area contributed by atoms with Gasteiger partial charge in [-0.15, -0.1) is 0 Å². The van der Waals surface area contributed by atoms with Crippen molar-refractivity contribution in [2.24, 2.45) is 5.16 Å². The Morgan fingerprint density at radius 3 is 2.25 bits per heavy atom. The molecule has 0 bridgehead atoms. The highest BCUT2D eigenvalue weighted by atomic mass is 19.1. The van der Waals surface area contributed by atoms with Crippen LogP contribution in [0.15, 0.2) is 53.7 Å². The molecule has 1 aliphatic rings. The van der Waals surface area contributed by atoms with Crippen LogP contribution >= 0.6 is 0 Å². The fourth-order valence-corrected chi connectivity index (χ4v) is 3.70. The van der Waals surface area contributed by atoms with Crippen molar-refractivity contribution in [2.75, 3.05) is 32.8 Å². The highest BCUT2D eigenvalue weighted by Crippen LogP contribution is 2.16. The number of hydrogen-bond donors (Lipinski definition) is 1. The number of nitrogens with zero attached hydrogens (tertiary/aromatic N) is 2. The van der Waals surface area contributed by atoms with E-state index in [9.17, 15) is 9.60 Å². The molecule has 0 aliphatic carbocycles. The Labute approximate surface area is 166 Å². The summed E-state index contributed by atoms with van der Waals surface area (Å²) < 4.78 is 18.5. The first-order chi connectivity index (χ1) is 13.8. The monoisotopic (exact) mass is 384 g/mol. The van der Waals surface area contributed by atoms with Crippen LogP contribution in [0.1, 0.15) is 36.0 Å². The lowest BCUT2D eigenvalue weighted by Crippen LogP contribution is -2.36. The molecule has 1 fully saturated rings. The second kappa shape index (κ2) is 10.9. The molecule has 3 rings (SSSR count). The molecule has 0 unspecified atom stereocenters. The molecule has 5 heteroatoms. The number of oxime groups is 1. The van der Waals surface area contributed by atoms with E-state index in [-0.39, 0.29) is 5.82 Å². The molecule has 0 radical (unpaired) electrons. The minimum atomic E-state index is -0.285. The van der Waals surface area contributed by atoms with Crippen LogP contribution in [-0.2, 0) is 17.6 Å². The van der Waals surface area contributed by atoms with Crippen LogP contribution in [0.5, 0.6) is 0 Å². The van der Waals surface area contributed by atoms with E-state index in [0.717, 1.165) is 64.1 Å². The average molecular weight is 384 g/mol. The van der Waals surface area contributed by atoms with E-state index in [2.05, 4.69) is 34.3 Å². The number of rotatable bonds is 9. The van der Waals surface area contributed by atoms with E-state index in [1.54, 1.807) is 12.1 Å². The Bertz CT molecular complexity index is 755. The van der Waals surface area contributed by atoms with Gasteiger partial charge in [0.25, 0.3) is 0 Å². The molecular weight excluding hydrogens is 355 g/mol. The summed E-state index contributed by atoms with van der Waals surface area (Å²) in [6.07, 6.45) is 4.71. The lowest BCUT2D eigenvalue weighted by atomic mass is 9.96. The van der Waals surface area contributed by atoms with Crippen LogP contribution in [0.4, 0.5) is 4.39 Å². The Morgan fingerprint density at radius 2 is 1.61 bits per heavy atom. The van der Waals surface area contributed by atoms with Crippen molar-refractivity contribution in [2.45, 2.75) is 32.1 Å². The van der Waals surface area contributed by atoms with Gasteiger partial charge in [0, 0.05) is 13.1 Å². The molecule has 150 valence electrons. The van der Waals surface area contributed by atoms with E-state index in [1.807, 2.05) is 0 Å². The Morgan fingerprint density at radius 1 is 0.964 bits per heavy atom. The summed E-state index contributed by atoms with van der Waals surface area (Å²) in [6, 6.07) is 14.7. The summed E-state index contributed by atoms with van der Waals surface area (Å²) in [4.78, 5) is 2.47. The fraction of sp³-hybridized carbons (Fsp3) is 0.435. The molecule has 4 nitrogen and oxygen atoms in total. The van der Waals surface area contributed by atoms with Crippen molar-refractivity contribution < 1.29 is 14.3 Å². The average Bonchev–Trinajstić information content (AvgIpc) is 2.74. The maximum atomic E-state index is 13.1. The number of aryl methyl sites for hydroxylation is 2. The highest BCUT2D eigenvalue weighted by molar-refractivity contribution is 6.00. The molecule has 0 saturated carbocycles. The quantitative estimate of drug-likeness (QED) is 0.398. The smallest absolute Gasteiger partial charge is 0.123 e. The van der Waals surface area contributed by atoms with Gasteiger partial charge in [-0.2, -0.15) is 0 Å². The minimum Gasteiger partial charge on any atom is -0.411 e. The van der Waals surface area contributed by atoms with Gasteiger partial charge in [0.05, 0.1) is 18.9 Å². The SMILES string of the molecule is ON=C(CCCc1ccccc1CCCN1CCOCC1)c1ccc(F)cc1. The molecule has 1 N–H and O–H groups in total. The van der Waals surface area contributed by atoms with Gasteiger partial charge in [0.15, 0.2) is 0 Å². The summed E-state index contributed by atoms with van der Waals surface area (Å²) in [5, 5.41) is 12.7. The van der Waals surface area contributed by atoms with E-state index in [1.165, 1.54) is 23.3 Å². The summed E-state index contributed by atoms with van der Waals surface area (Å²) in [7, 11) is 0. The maximum absolute atomic E-state index is 13.1. The zero-order valence-corrected chi connectivity index (χ0v) is 16.3. The molecule has 1 saturated heterocycles. The van der Waals surface area contributed by atoms with Crippen molar-refractivity contribution in [3.05, 3.63) is 71.0 Å². The third kappa shape index (κ3) is 6.14. The second-order valence-corrected chi connectivity index (χ2v) is 7.23. The zero-order chi connectivity index (χ0) is 19.6. The van der Waals surface area contributed by atoms with Crippen LogP contribution in [0, 0.1) is 5.82 Å². The third-order valence-corrected chi connectivity index (χ3v) is 5.30. The van der Waals surface area contributed by atoms with Gasteiger partial charge in [-0.05, 0) is 67.5 Å². The van der Waals surface area contributed by atoms with Gasteiger partial charge in [-0.1, -0.05) is 41.6 Å². The molecule has 1 aliphatic heterocycles. The zero-order valence-electron chi connectivity index (χ0n) is 16.3. The van der Waals surface area contributed by atoms with Gasteiger partial charge in [-0.25, -0.2) is 4.39 Å². The molecular formula is C23H29FN2O2. The van der Waals surface area contributed by atoms with Crippen molar-refractivity contribution in [3.8, 4) is 0 Å². The van der Waals surface area contributed by atoms with Crippen LogP contribution in [0.2, 0.25) is 0 Å².